The standard InChI is InChI=1S/C9H15NO4S2/c1-3-15(11,12)8-5-6-9(10-7-8)16(13,14)4-2/h7H,3-6H2,1-2H3. The van der Waals surface area contributed by atoms with Crippen molar-refractivity contribution in [2.45, 2.75) is 26.7 Å². The second kappa shape index (κ2) is 4.67. The van der Waals surface area contributed by atoms with Gasteiger partial charge in [-0.25, -0.2) is 21.8 Å². The quantitative estimate of drug-likeness (QED) is 0.759. The van der Waals surface area contributed by atoms with E-state index in [0.717, 1.165) is 0 Å². The molecule has 0 amide bonds. The van der Waals surface area contributed by atoms with Crippen LogP contribution in [-0.2, 0) is 19.7 Å². The van der Waals surface area contributed by atoms with E-state index in [-0.39, 0.29) is 34.3 Å². The predicted octanol–water partition coefficient (Wildman–Crippen LogP) is 0.889. The Hall–Kier alpha value is -0.690. The molecule has 0 aromatic heterocycles. The topological polar surface area (TPSA) is 80.6 Å². The first-order valence-electron chi connectivity index (χ1n) is 5.04. The number of nitrogens with zero attached hydrogens (tertiary/aromatic N) is 1. The molecule has 0 bridgehead atoms. The third-order valence-electron chi connectivity index (χ3n) is 2.46. The van der Waals surface area contributed by atoms with Crippen LogP contribution in [-0.4, -0.2) is 33.4 Å². The van der Waals surface area contributed by atoms with E-state index in [1.807, 2.05) is 0 Å². The number of hydrogen-bond donors (Lipinski definition) is 0. The lowest BCUT2D eigenvalue weighted by molar-refractivity contribution is 0.599. The number of aliphatic imine (C=N–C) groups is 1. The average molecular weight is 265 g/mol. The van der Waals surface area contributed by atoms with Crippen LogP contribution in [0.25, 0.3) is 0 Å². The molecule has 92 valence electrons. The monoisotopic (exact) mass is 265 g/mol. The first kappa shape index (κ1) is 13.4. The largest absolute Gasteiger partial charge is 0.248 e. The van der Waals surface area contributed by atoms with Gasteiger partial charge in [-0.1, -0.05) is 13.8 Å². The van der Waals surface area contributed by atoms with Crippen LogP contribution in [0.1, 0.15) is 26.7 Å². The normalized spacial score (nSPS) is 17.9. The summed E-state index contributed by atoms with van der Waals surface area (Å²) in [4.78, 5) is 3.98. The Balaban J connectivity index is 3.06. The first-order valence-corrected chi connectivity index (χ1v) is 8.35. The molecule has 7 heteroatoms. The van der Waals surface area contributed by atoms with Gasteiger partial charge in [0.25, 0.3) is 0 Å². The molecule has 0 radical (unpaired) electrons. The number of allylic oxidation sites excluding steroid dienone is 1. The lowest BCUT2D eigenvalue weighted by Crippen LogP contribution is -2.20. The van der Waals surface area contributed by atoms with Crippen molar-refractivity contribution in [1.82, 2.24) is 0 Å². The van der Waals surface area contributed by atoms with E-state index in [4.69, 9.17) is 0 Å². The number of rotatable bonds is 3. The van der Waals surface area contributed by atoms with E-state index in [2.05, 4.69) is 4.99 Å². The molecule has 0 unspecified atom stereocenters. The van der Waals surface area contributed by atoms with Crippen LogP contribution in [0.2, 0.25) is 0 Å². The van der Waals surface area contributed by atoms with Gasteiger partial charge in [-0.3, -0.25) is 0 Å². The van der Waals surface area contributed by atoms with Gasteiger partial charge in [0.1, 0.15) is 5.04 Å². The molecule has 1 rings (SSSR count). The molecule has 0 fully saturated rings. The maximum atomic E-state index is 11.5. The van der Waals surface area contributed by atoms with E-state index in [0.29, 0.717) is 0 Å². The highest BCUT2D eigenvalue weighted by molar-refractivity contribution is 8.06. The Morgan fingerprint density at radius 3 is 2.00 bits per heavy atom. The van der Waals surface area contributed by atoms with E-state index < -0.39 is 19.7 Å². The third kappa shape index (κ3) is 2.70. The van der Waals surface area contributed by atoms with Gasteiger partial charge in [0.05, 0.1) is 16.4 Å². The molecule has 0 aliphatic carbocycles. The van der Waals surface area contributed by atoms with Crippen molar-refractivity contribution < 1.29 is 16.8 Å². The zero-order valence-corrected chi connectivity index (χ0v) is 10.9. The van der Waals surface area contributed by atoms with Crippen molar-refractivity contribution in [3.05, 3.63) is 11.1 Å². The van der Waals surface area contributed by atoms with Crippen LogP contribution in [0, 0.1) is 0 Å². The lowest BCUT2D eigenvalue weighted by Gasteiger charge is -2.12. The van der Waals surface area contributed by atoms with Crippen LogP contribution in [0.4, 0.5) is 0 Å². The maximum absolute atomic E-state index is 11.5. The van der Waals surface area contributed by atoms with Crippen LogP contribution in [0.5, 0.6) is 0 Å². The Labute approximate surface area is 96.1 Å². The summed E-state index contributed by atoms with van der Waals surface area (Å²) in [6.07, 6.45) is 1.58. The Bertz CT molecular complexity index is 476. The van der Waals surface area contributed by atoms with Crippen molar-refractivity contribution in [1.29, 1.82) is 0 Å². The molecule has 0 atom stereocenters. The fourth-order valence-corrected chi connectivity index (χ4v) is 3.28. The summed E-state index contributed by atoms with van der Waals surface area (Å²) in [6, 6.07) is 0. The number of sulfone groups is 2. The highest BCUT2D eigenvalue weighted by Gasteiger charge is 2.24. The van der Waals surface area contributed by atoms with Crippen molar-refractivity contribution in [2.24, 2.45) is 4.99 Å². The van der Waals surface area contributed by atoms with E-state index in [1.165, 1.54) is 6.20 Å². The molecule has 0 aromatic carbocycles. The molecule has 1 aliphatic heterocycles. The molecule has 16 heavy (non-hydrogen) atoms. The minimum Gasteiger partial charge on any atom is -0.248 e. The van der Waals surface area contributed by atoms with E-state index >= 15 is 0 Å². The van der Waals surface area contributed by atoms with Gasteiger partial charge >= 0.3 is 0 Å². The minimum absolute atomic E-state index is 0.00443. The van der Waals surface area contributed by atoms with E-state index in [9.17, 15) is 16.8 Å². The summed E-state index contributed by atoms with van der Waals surface area (Å²) in [5, 5.41) is 0.0880. The summed E-state index contributed by atoms with van der Waals surface area (Å²) >= 11 is 0. The first-order chi connectivity index (χ1) is 7.33. The molecule has 0 aromatic rings. The molecule has 1 heterocycles. The van der Waals surface area contributed by atoms with Crippen molar-refractivity contribution in [3.63, 3.8) is 0 Å². The molecule has 0 saturated carbocycles. The van der Waals surface area contributed by atoms with Crippen molar-refractivity contribution in [3.8, 4) is 0 Å². The Morgan fingerprint density at radius 2 is 1.62 bits per heavy atom. The fraction of sp³-hybridized carbons (Fsp3) is 0.667. The second-order valence-electron chi connectivity index (χ2n) is 3.43. The van der Waals surface area contributed by atoms with Gasteiger partial charge in [0.15, 0.2) is 19.7 Å². The zero-order valence-electron chi connectivity index (χ0n) is 9.30. The zero-order chi connectivity index (χ0) is 12.4. The molecule has 1 aliphatic rings. The van der Waals surface area contributed by atoms with E-state index in [1.54, 1.807) is 13.8 Å². The fourth-order valence-electron chi connectivity index (χ4n) is 1.33. The molecular formula is C9H15NO4S2. The van der Waals surface area contributed by atoms with Crippen LogP contribution < -0.4 is 0 Å². The molecule has 0 spiro atoms. The van der Waals surface area contributed by atoms with Crippen molar-refractivity contribution >= 4 is 24.7 Å². The Kier molecular flexibility index (Phi) is 3.90. The van der Waals surface area contributed by atoms with Crippen LogP contribution in [0.15, 0.2) is 16.1 Å². The summed E-state index contributed by atoms with van der Waals surface area (Å²) in [5.41, 5.74) is 0. The highest BCUT2D eigenvalue weighted by atomic mass is 32.2. The van der Waals surface area contributed by atoms with Gasteiger partial charge < -0.3 is 0 Å². The smallest absolute Gasteiger partial charge is 0.191 e. The van der Waals surface area contributed by atoms with Gasteiger partial charge in [0.2, 0.25) is 0 Å². The highest BCUT2D eigenvalue weighted by Crippen LogP contribution is 2.21. The Morgan fingerprint density at radius 1 is 1.06 bits per heavy atom. The summed E-state index contributed by atoms with van der Waals surface area (Å²) in [6.45, 7) is 3.10. The second-order valence-corrected chi connectivity index (χ2v) is 8.03. The average Bonchev–Trinajstić information content (AvgIpc) is 2.29. The van der Waals surface area contributed by atoms with Gasteiger partial charge in [0, 0.05) is 12.6 Å². The van der Waals surface area contributed by atoms with Crippen molar-refractivity contribution in [2.75, 3.05) is 11.5 Å². The molecule has 0 saturated heterocycles. The minimum atomic E-state index is -3.29. The summed E-state index contributed by atoms with van der Waals surface area (Å²) < 4.78 is 45.9. The van der Waals surface area contributed by atoms with Gasteiger partial charge in [-0.15, -0.1) is 0 Å². The summed E-state index contributed by atoms with van der Waals surface area (Å²) in [7, 11) is -6.52. The maximum Gasteiger partial charge on any atom is 0.191 e. The lowest BCUT2D eigenvalue weighted by atomic mass is 10.3. The predicted molar refractivity (Wildman–Crippen MR) is 63.7 cm³/mol. The third-order valence-corrected chi connectivity index (χ3v) is 6.11. The summed E-state index contributed by atoms with van der Waals surface area (Å²) in [5.74, 6) is 0.0136. The molecular weight excluding hydrogens is 250 g/mol. The molecule has 0 N–H and O–H groups in total. The number of hydrogen-bond acceptors (Lipinski definition) is 5. The van der Waals surface area contributed by atoms with Gasteiger partial charge in [-0.05, 0) is 6.42 Å². The van der Waals surface area contributed by atoms with Gasteiger partial charge in [-0.2, -0.15) is 0 Å². The van der Waals surface area contributed by atoms with Crippen LogP contribution >= 0.6 is 0 Å². The molecule has 5 nitrogen and oxygen atoms in total. The SMILES string of the molecule is CCS(=O)(=O)C1=CN=C(S(=O)(=O)CC)CC1. The van der Waals surface area contributed by atoms with Crippen LogP contribution in [0.3, 0.4) is 0 Å².